The average Bonchev–Trinajstić information content (AvgIpc) is 3.36. The first-order chi connectivity index (χ1) is 12.3. The molecule has 0 bridgehead atoms. The lowest BCUT2D eigenvalue weighted by Crippen LogP contribution is -2.42. The van der Waals surface area contributed by atoms with Crippen LogP contribution in [0.15, 0.2) is 33.3 Å². The van der Waals surface area contributed by atoms with Gasteiger partial charge in [0.15, 0.2) is 5.96 Å². The van der Waals surface area contributed by atoms with E-state index in [2.05, 4.69) is 33.5 Å². The smallest absolute Gasteiger partial charge is 0.191 e. The van der Waals surface area contributed by atoms with Crippen LogP contribution >= 0.6 is 35.3 Å². The maximum atomic E-state index is 5.69. The molecular weight excluding hydrogens is 461 g/mol. The Morgan fingerprint density at radius 2 is 2.19 bits per heavy atom. The Bertz CT molecular complexity index is 667. The van der Waals surface area contributed by atoms with E-state index in [1.54, 1.807) is 17.6 Å². The molecule has 2 aromatic rings. The molecule has 0 aromatic carbocycles. The summed E-state index contributed by atoms with van der Waals surface area (Å²) in [7, 11) is 0. The highest BCUT2D eigenvalue weighted by molar-refractivity contribution is 14.0. The van der Waals surface area contributed by atoms with Gasteiger partial charge in [0.1, 0.15) is 5.76 Å². The molecule has 0 radical (unpaired) electrons. The predicted octanol–water partition coefficient (Wildman–Crippen LogP) is 3.55. The minimum Gasteiger partial charge on any atom is -0.468 e. The number of nitrogens with one attached hydrogen (secondary N) is 2. The Kier molecular flexibility index (Phi) is 8.86. The first-order valence-electron chi connectivity index (χ1n) is 8.96. The molecule has 3 rings (SSSR count). The van der Waals surface area contributed by atoms with Gasteiger partial charge in [-0.3, -0.25) is 4.90 Å². The normalized spacial score (nSPS) is 16.3. The maximum absolute atomic E-state index is 5.69. The summed E-state index contributed by atoms with van der Waals surface area (Å²) < 4.78 is 5.69. The van der Waals surface area contributed by atoms with Gasteiger partial charge in [0.25, 0.3) is 0 Å². The van der Waals surface area contributed by atoms with Crippen LogP contribution in [-0.2, 0) is 6.54 Å². The molecule has 1 aliphatic rings. The Labute approximate surface area is 176 Å². The molecule has 8 heteroatoms. The molecular formula is C18H28IN5OS. The van der Waals surface area contributed by atoms with Gasteiger partial charge in [0.2, 0.25) is 0 Å². The molecule has 1 saturated heterocycles. The standard InChI is InChI=1S/C18H27N5OS.HI/c1-3-19-18(21-12-17-14(2)22-13-25-17)20-11-15(16-7-6-10-24-16)23-8-4-5-9-23;/h6-7,10,13,15H,3-5,8-9,11-12H2,1-2H3,(H2,19,20,21);1H. The van der Waals surface area contributed by atoms with E-state index in [1.165, 1.54) is 17.7 Å². The second-order valence-electron chi connectivity index (χ2n) is 6.21. The van der Waals surface area contributed by atoms with Crippen LogP contribution in [0.5, 0.6) is 0 Å². The number of rotatable bonds is 7. The molecule has 26 heavy (non-hydrogen) atoms. The van der Waals surface area contributed by atoms with Gasteiger partial charge >= 0.3 is 0 Å². The fourth-order valence-corrected chi connectivity index (χ4v) is 3.81. The molecule has 0 spiro atoms. The summed E-state index contributed by atoms with van der Waals surface area (Å²) in [4.78, 5) is 12.7. The van der Waals surface area contributed by atoms with Gasteiger partial charge in [0, 0.05) is 18.0 Å². The van der Waals surface area contributed by atoms with Crippen molar-refractivity contribution in [2.24, 2.45) is 4.99 Å². The summed E-state index contributed by atoms with van der Waals surface area (Å²) in [6, 6.07) is 4.27. The van der Waals surface area contributed by atoms with E-state index in [1.807, 2.05) is 18.5 Å². The molecule has 2 N–H and O–H groups in total. The van der Waals surface area contributed by atoms with Crippen molar-refractivity contribution in [1.29, 1.82) is 0 Å². The molecule has 0 amide bonds. The van der Waals surface area contributed by atoms with Gasteiger partial charge in [-0.1, -0.05) is 0 Å². The third-order valence-electron chi connectivity index (χ3n) is 4.49. The van der Waals surface area contributed by atoms with E-state index >= 15 is 0 Å². The fourth-order valence-electron chi connectivity index (χ4n) is 3.11. The summed E-state index contributed by atoms with van der Waals surface area (Å²) in [6.45, 7) is 8.63. The van der Waals surface area contributed by atoms with Crippen LogP contribution in [0.2, 0.25) is 0 Å². The molecule has 2 aromatic heterocycles. The lowest BCUT2D eigenvalue weighted by atomic mass is 10.2. The number of hydrogen-bond acceptors (Lipinski definition) is 5. The summed E-state index contributed by atoms with van der Waals surface area (Å²) in [5.74, 6) is 1.86. The van der Waals surface area contributed by atoms with Crippen molar-refractivity contribution in [2.45, 2.75) is 39.3 Å². The number of aliphatic imine (C=N–C) groups is 1. The van der Waals surface area contributed by atoms with E-state index in [0.29, 0.717) is 6.54 Å². The van der Waals surface area contributed by atoms with Crippen molar-refractivity contribution >= 4 is 41.3 Å². The number of likely N-dealkylation sites (tertiary alicyclic amines) is 1. The molecule has 1 aliphatic heterocycles. The summed E-state index contributed by atoms with van der Waals surface area (Å²) in [5.41, 5.74) is 2.94. The molecule has 1 fully saturated rings. The summed E-state index contributed by atoms with van der Waals surface area (Å²) in [5, 5.41) is 6.82. The Balaban J connectivity index is 0.00000243. The summed E-state index contributed by atoms with van der Waals surface area (Å²) in [6.07, 6.45) is 4.27. The van der Waals surface area contributed by atoms with E-state index < -0.39 is 0 Å². The highest BCUT2D eigenvalue weighted by atomic mass is 127. The van der Waals surface area contributed by atoms with E-state index in [-0.39, 0.29) is 30.0 Å². The van der Waals surface area contributed by atoms with E-state index in [4.69, 9.17) is 9.41 Å². The van der Waals surface area contributed by atoms with Crippen molar-refractivity contribution < 1.29 is 4.42 Å². The van der Waals surface area contributed by atoms with Crippen LogP contribution in [0, 0.1) is 6.92 Å². The van der Waals surface area contributed by atoms with E-state index in [9.17, 15) is 0 Å². The van der Waals surface area contributed by atoms with Crippen LogP contribution in [-0.4, -0.2) is 42.0 Å². The first-order valence-corrected chi connectivity index (χ1v) is 9.84. The predicted molar refractivity (Wildman–Crippen MR) is 117 cm³/mol. The van der Waals surface area contributed by atoms with Gasteiger partial charge in [-0.15, -0.1) is 35.3 Å². The minimum atomic E-state index is 0. The van der Waals surface area contributed by atoms with Crippen LogP contribution in [0.3, 0.4) is 0 Å². The maximum Gasteiger partial charge on any atom is 0.191 e. The third kappa shape index (κ3) is 5.68. The lowest BCUT2D eigenvalue weighted by molar-refractivity contribution is 0.215. The second-order valence-corrected chi connectivity index (χ2v) is 7.15. The van der Waals surface area contributed by atoms with Crippen LogP contribution in [0.25, 0.3) is 0 Å². The van der Waals surface area contributed by atoms with E-state index in [0.717, 1.165) is 43.6 Å². The Morgan fingerprint density at radius 3 is 2.81 bits per heavy atom. The molecule has 3 heterocycles. The van der Waals surface area contributed by atoms with Gasteiger partial charge in [-0.25, -0.2) is 9.98 Å². The van der Waals surface area contributed by atoms with Crippen molar-refractivity contribution in [3.63, 3.8) is 0 Å². The number of aromatic nitrogens is 1. The van der Waals surface area contributed by atoms with Crippen LogP contribution in [0.4, 0.5) is 0 Å². The van der Waals surface area contributed by atoms with Gasteiger partial charge in [-0.2, -0.15) is 0 Å². The average molecular weight is 489 g/mol. The molecule has 1 unspecified atom stereocenters. The van der Waals surface area contributed by atoms with Gasteiger partial charge < -0.3 is 15.1 Å². The number of furan rings is 1. The second kappa shape index (κ2) is 10.9. The van der Waals surface area contributed by atoms with Crippen LogP contribution in [0.1, 0.15) is 42.1 Å². The molecule has 144 valence electrons. The zero-order chi connectivity index (χ0) is 17.5. The lowest BCUT2D eigenvalue weighted by Gasteiger charge is -2.26. The first kappa shape index (κ1) is 21.2. The quantitative estimate of drug-likeness (QED) is 0.354. The Morgan fingerprint density at radius 1 is 1.38 bits per heavy atom. The van der Waals surface area contributed by atoms with Gasteiger partial charge in [-0.05, 0) is 51.9 Å². The topological polar surface area (TPSA) is 65.7 Å². The number of halogens is 1. The number of guanidine groups is 1. The van der Waals surface area contributed by atoms with Crippen LogP contribution < -0.4 is 10.6 Å². The van der Waals surface area contributed by atoms with Crippen molar-refractivity contribution in [2.75, 3.05) is 26.2 Å². The Hall–Kier alpha value is -1.13. The molecule has 0 aliphatic carbocycles. The number of aryl methyl sites for hydroxylation is 1. The van der Waals surface area contributed by atoms with Crippen molar-refractivity contribution in [3.8, 4) is 0 Å². The highest BCUT2D eigenvalue weighted by Gasteiger charge is 2.25. The van der Waals surface area contributed by atoms with Gasteiger partial charge in [0.05, 0.1) is 30.1 Å². The molecule has 1 atom stereocenters. The number of thiazole rings is 1. The minimum absolute atomic E-state index is 0. The largest absolute Gasteiger partial charge is 0.468 e. The number of hydrogen-bond donors (Lipinski definition) is 2. The monoisotopic (exact) mass is 489 g/mol. The third-order valence-corrected chi connectivity index (χ3v) is 5.41. The number of nitrogens with zero attached hydrogens (tertiary/aromatic N) is 3. The zero-order valence-corrected chi connectivity index (χ0v) is 18.5. The highest BCUT2D eigenvalue weighted by Crippen LogP contribution is 2.24. The van der Waals surface area contributed by atoms with Crippen molar-refractivity contribution in [1.82, 2.24) is 20.5 Å². The fraction of sp³-hybridized carbons (Fsp3) is 0.556. The summed E-state index contributed by atoms with van der Waals surface area (Å²) >= 11 is 1.66. The molecule has 0 saturated carbocycles. The SMILES string of the molecule is CCNC(=NCc1scnc1C)NCC(c1ccco1)N1CCCC1.I. The zero-order valence-electron chi connectivity index (χ0n) is 15.4. The van der Waals surface area contributed by atoms with Crippen molar-refractivity contribution in [3.05, 3.63) is 40.2 Å². The molecule has 6 nitrogen and oxygen atoms in total.